The van der Waals surface area contributed by atoms with Crippen molar-refractivity contribution < 1.29 is 22.4 Å². The van der Waals surface area contributed by atoms with Gasteiger partial charge < -0.3 is 11.1 Å². The lowest BCUT2D eigenvalue weighted by Crippen LogP contribution is -2.14. The smallest absolute Gasteiger partial charge is 0.397 e. The molecule has 7 heteroatoms. The maximum absolute atomic E-state index is 13.0. The Morgan fingerprint density at radius 1 is 1.10 bits per heavy atom. The molecule has 0 fully saturated rings. The van der Waals surface area contributed by atoms with E-state index in [4.69, 9.17) is 5.73 Å². The van der Waals surface area contributed by atoms with Gasteiger partial charge in [0.05, 0.1) is 16.9 Å². The highest BCUT2D eigenvalue weighted by molar-refractivity contribution is 6.05. The number of carbonyl (C=O) groups is 1. The number of nitrogen functional groups attached to an aromatic ring is 1. The van der Waals surface area contributed by atoms with Crippen LogP contribution in [-0.4, -0.2) is 5.91 Å². The van der Waals surface area contributed by atoms with Gasteiger partial charge in [-0.2, -0.15) is 13.2 Å². The van der Waals surface area contributed by atoms with Crippen LogP contribution in [0.25, 0.3) is 0 Å². The van der Waals surface area contributed by atoms with E-state index >= 15 is 0 Å². The van der Waals surface area contributed by atoms with Crippen molar-refractivity contribution in [3.63, 3.8) is 0 Å². The van der Waals surface area contributed by atoms with Gasteiger partial charge in [0.25, 0.3) is 5.91 Å². The van der Waals surface area contributed by atoms with Crippen LogP contribution in [-0.2, 0) is 6.18 Å². The van der Waals surface area contributed by atoms with Gasteiger partial charge in [-0.15, -0.1) is 0 Å². The van der Waals surface area contributed by atoms with E-state index in [-0.39, 0.29) is 16.9 Å². The van der Waals surface area contributed by atoms with Crippen LogP contribution in [0.15, 0.2) is 42.5 Å². The second-order valence-corrected chi connectivity index (χ2v) is 4.26. The van der Waals surface area contributed by atoms with Gasteiger partial charge >= 0.3 is 6.18 Å². The summed E-state index contributed by atoms with van der Waals surface area (Å²) in [5.74, 6) is -1.26. The predicted octanol–water partition coefficient (Wildman–Crippen LogP) is 3.68. The second-order valence-electron chi connectivity index (χ2n) is 4.26. The van der Waals surface area contributed by atoms with Gasteiger partial charge in [-0.3, -0.25) is 4.79 Å². The first-order valence-electron chi connectivity index (χ1n) is 5.81. The standard InChI is InChI=1S/C14H10F4N2O/c15-10-3-1-2-8(6-10)13(21)20-12-5-4-9(7-11(12)19)14(16,17)18/h1-7H,19H2,(H,20,21). The van der Waals surface area contributed by atoms with Crippen molar-refractivity contribution in [3.05, 3.63) is 59.4 Å². The molecule has 3 N–H and O–H groups in total. The average molecular weight is 298 g/mol. The molecule has 0 aliphatic heterocycles. The third-order valence-electron chi connectivity index (χ3n) is 2.71. The zero-order chi connectivity index (χ0) is 15.6. The van der Waals surface area contributed by atoms with E-state index in [2.05, 4.69) is 5.32 Å². The molecule has 0 saturated carbocycles. The van der Waals surface area contributed by atoms with E-state index in [0.29, 0.717) is 0 Å². The fourth-order valence-corrected chi connectivity index (χ4v) is 1.68. The third-order valence-corrected chi connectivity index (χ3v) is 2.71. The number of benzene rings is 2. The molecular weight excluding hydrogens is 288 g/mol. The number of anilines is 2. The first-order valence-corrected chi connectivity index (χ1v) is 5.81. The molecule has 0 atom stereocenters. The minimum absolute atomic E-state index is 0.0252. The number of carbonyl (C=O) groups excluding carboxylic acids is 1. The van der Waals surface area contributed by atoms with Crippen LogP contribution < -0.4 is 11.1 Å². The number of alkyl halides is 3. The van der Waals surface area contributed by atoms with Gasteiger partial charge in [0.15, 0.2) is 0 Å². The van der Waals surface area contributed by atoms with Crippen molar-refractivity contribution in [2.45, 2.75) is 6.18 Å². The van der Waals surface area contributed by atoms with Crippen molar-refractivity contribution in [1.29, 1.82) is 0 Å². The van der Waals surface area contributed by atoms with Crippen molar-refractivity contribution >= 4 is 17.3 Å². The minimum atomic E-state index is -4.51. The quantitative estimate of drug-likeness (QED) is 0.656. The lowest BCUT2D eigenvalue weighted by molar-refractivity contribution is -0.137. The van der Waals surface area contributed by atoms with Crippen molar-refractivity contribution in [3.8, 4) is 0 Å². The molecule has 0 aliphatic rings. The average Bonchev–Trinajstić information content (AvgIpc) is 2.39. The molecule has 110 valence electrons. The Labute approximate surface area is 117 Å². The molecule has 0 spiro atoms. The Hall–Kier alpha value is -2.57. The summed E-state index contributed by atoms with van der Waals surface area (Å²) < 4.78 is 50.5. The highest BCUT2D eigenvalue weighted by atomic mass is 19.4. The fourth-order valence-electron chi connectivity index (χ4n) is 1.68. The monoisotopic (exact) mass is 298 g/mol. The molecule has 2 aromatic carbocycles. The number of rotatable bonds is 2. The Balaban J connectivity index is 2.22. The third kappa shape index (κ3) is 3.50. The lowest BCUT2D eigenvalue weighted by Gasteiger charge is -2.12. The van der Waals surface area contributed by atoms with E-state index in [1.807, 2.05) is 0 Å². The van der Waals surface area contributed by atoms with Gasteiger partial charge in [-0.1, -0.05) is 6.07 Å². The van der Waals surface area contributed by atoms with E-state index in [1.54, 1.807) is 0 Å². The van der Waals surface area contributed by atoms with E-state index in [1.165, 1.54) is 18.2 Å². The van der Waals surface area contributed by atoms with Gasteiger partial charge in [0.2, 0.25) is 0 Å². The number of halogens is 4. The van der Waals surface area contributed by atoms with Crippen LogP contribution in [0.2, 0.25) is 0 Å². The van der Waals surface area contributed by atoms with Gasteiger partial charge in [-0.25, -0.2) is 4.39 Å². The summed E-state index contributed by atoms with van der Waals surface area (Å²) in [6, 6.07) is 7.48. The van der Waals surface area contributed by atoms with E-state index < -0.39 is 23.5 Å². The van der Waals surface area contributed by atoms with Crippen LogP contribution in [0.3, 0.4) is 0 Å². The molecule has 21 heavy (non-hydrogen) atoms. The molecule has 0 bridgehead atoms. The first-order chi connectivity index (χ1) is 9.77. The zero-order valence-corrected chi connectivity index (χ0v) is 10.5. The van der Waals surface area contributed by atoms with Crippen LogP contribution in [0.4, 0.5) is 28.9 Å². The van der Waals surface area contributed by atoms with Crippen LogP contribution in [0.1, 0.15) is 15.9 Å². The maximum Gasteiger partial charge on any atom is 0.416 e. The van der Waals surface area contributed by atoms with Gasteiger partial charge in [0.1, 0.15) is 5.82 Å². The number of amides is 1. The molecule has 0 saturated heterocycles. The molecular formula is C14H10F4N2O. The SMILES string of the molecule is Nc1cc(C(F)(F)F)ccc1NC(=O)c1cccc(F)c1. The Morgan fingerprint density at radius 2 is 1.81 bits per heavy atom. The second kappa shape index (κ2) is 5.43. The molecule has 0 aliphatic carbocycles. The zero-order valence-electron chi connectivity index (χ0n) is 10.5. The largest absolute Gasteiger partial charge is 0.416 e. The number of hydrogen-bond donors (Lipinski definition) is 2. The highest BCUT2D eigenvalue weighted by Crippen LogP contribution is 2.32. The first kappa shape index (κ1) is 14.8. The van der Waals surface area contributed by atoms with Crippen LogP contribution in [0, 0.1) is 5.82 Å². The molecule has 0 radical (unpaired) electrons. The van der Waals surface area contributed by atoms with Crippen molar-refractivity contribution in [2.24, 2.45) is 0 Å². The molecule has 0 unspecified atom stereocenters. The Morgan fingerprint density at radius 3 is 2.38 bits per heavy atom. The number of nitrogens with one attached hydrogen (secondary N) is 1. The fraction of sp³-hybridized carbons (Fsp3) is 0.0714. The molecule has 0 heterocycles. The van der Waals surface area contributed by atoms with Crippen molar-refractivity contribution in [1.82, 2.24) is 0 Å². The summed E-state index contributed by atoms with van der Waals surface area (Å²) in [6.07, 6.45) is -4.51. The van der Waals surface area contributed by atoms with E-state index in [9.17, 15) is 22.4 Å². The predicted molar refractivity (Wildman–Crippen MR) is 70.2 cm³/mol. The molecule has 0 aromatic heterocycles. The summed E-state index contributed by atoms with van der Waals surface area (Å²) in [7, 11) is 0. The molecule has 2 aromatic rings. The maximum atomic E-state index is 13.0. The van der Waals surface area contributed by atoms with Gasteiger partial charge in [-0.05, 0) is 36.4 Å². The summed E-state index contributed by atoms with van der Waals surface area (Å²) in [4.78, 5) is 11.8. The van der Waals surface area contributed by atoms with Crippen LogP contribution >= 0.6 is 0 Å². The molecule has 3 nitrogen and oxygen atoms in total. The minimum Gasteiger partial charge on any atom is -0.397 e. The van der Waals surface area contributed by atoms with Gasteiger partial charge in [0, 0.05) is 5.56 Å². The lowest BCUT2D eigenvalue weighted by atomic mass is 10.1. The van der Waals surface area contributed by atoms with Crippen molar-refractivity contribution in [2.75, 3.05) is 11.1 Å². The summed E-state index contributed by atoms with van der Waals surface area (Å²) >= 11 is 0. The Kier molecular flexibility index (Phi) is 3.84. The number of nitrogens with two attached hydrogens (primary N) is 1. The number of hydrogen-bond acceptors (Lipinski definition) is 2. The van der Waals surface area contributed by atoms with E-state index in [0.717, 1.165) is 24.3 Å². The topological polar surface area (TPSA) is 55.1 Å². The summed E-state index contributed by atoms with van der Waals surface area (Å²) in [5, 5.41) is 2.33. The summed E-state index contributed by atoms with van der Waals surface area (Å²) in [5.41, 5.74) is 4.41. The normalized spacial score (nSPS) is 11.2. The molecule has 1 amide bonds. The highest BCUT2D eigenvalue weighted by Gasteiger charge is 2.30. The summed E-state index contributed by atoms with van der Waals surface area (Å²) in [6.45, 7) is 0. The van der Waals surface area contributed by atoms with Crippen LogP contribution in [0.5, 0.6) is 0 Å². The molecule has 2 rings (SSSR count). The Bertz CT molecular complexity index is 683.